The molecule has 4 atom stereocenters. The molecule has 0 saturated heterocycles. The van der Waals surface area contributed by atoms with E-state index in [1.54, 1.807) is 0 Å². The minimum atomic E-state index is -1.20. The van der Waals surface area contributed by atoms with Gasteiger partial charge in [-0.05, 0) is 92.2 Å². The van der Waals surface area contributed by atoms with E-state index in [9.17, 15) is 50.0 Å². The number of ether oxygens (including phenoxy) is 2. The summed E-state index contributed by atoms with van der Waals surface area (Å²) in [6, 6.07) is 6.52. The third kappa shape index (κ3) is 11.5. The Morgan fingerprint density at radius 3 is 1.27 bits per heavy atom. The van der Waals surface area contributed by atoms with E-state index in [1.807, 2.05) is 53.7 Å². The highest BCUT2D eigenvalue weighted by atomic mass is 16.6. The van der Waals surface area contributed by atoms with Crippen LogP contribution in [0.3, 0.4) is 0 Å². The third-order valence-corrected chi connectivity index (χ3v) is 11.4. The Labute approximate surface area is 370 Å². The summed E-state index contributed by atoms with van der Waals surface area (Å²) >= 11 is 0. The van der Waals surface area contributed by atoms with Crippen molar-refractivity contribution < 1.29 is 38.8 Å². The SMILES string of the molecule is C#C[C@@]1(OC(C)=O)CC/C(=N\Nc2ccc([N+](=O)[O-])cc2[N+](=O)[O-])[C@]1(C)CCC=C(C)C.C#C[C@]1(OC(C)=O)CC/C(=N\Nc2ccc([N+](=O)[O-])cc2[N+](=O)[O-])[C@@]1(C)CCC=C(C)C. The van der Waals surface area contributed by atoms with Crippen LogP contribution in [0.1, 0.15) is 107 Å². The van der Waals surface area contributed by atoms with Crippen molar-refractivity contribution >= 4 is 57.5 Å². The van der Waals surface area contributed by atoms with E-state index in [0.717, 1.165) is 35.4 Å². The molecule has 0 aliphatic heterocycles. The predicted octanol–water partition coefficient (Wildman–Crippen LogP) is 9.50. The number of anilines is 2. The summed E-state index contributed by atoms with van der Waals surface area (Å²) in [6.07, 6.45) is 19.7. The van der Waals surface area contributed by atoms with Gasteiger partial charge >= 0.3 is 23.3 Å². The lowest BCUT2D eigenvalue weighted by molar-refractivity contribution is -0.393. The molecule has 20 heteroatoms. The van der Waals surface area contributed by atoms with Gasteiger partial charge in [0.25, 0.3) is 11.4 Å². The summed E-state index contributed by atoms with van der Waals surface area (Å²) in [5.74, 6) is 4.31. The first-order valence-electron chi connectivity index (χ1n) is 20.0. The first-order valence-corrected chi connectivity index (χ1v) is 20.0. The highest BCUT2D eigenvalue weighted by Gasteiger charge is 2.58. The molecule has 0 bridgehead atoms. The molecule has 0 spiro atoms. The largest absolute Gasteiger partial charge is 0.445 e. The van der Waals surface area contributed by atoms with Gasteiger partial charge in [-0.15, -0.1) is 12.8 Å². The number of nitrogens with zero attached hydrogens (tertiary/aromatic N) is 6. The van der Waals surface area contributed by atoms with Gasteiger partial charge in [0.05, 0.1) is 42.7 Å². The van der Waals surface area contributed by atoms with Crippen molar-refractivity contribution in [3.8, 4) is 24.7 Å². The molecule has 2 aromatic rings. The van der Waals surface area contributed by atoms with E-state index in [1.165, 1.54) is 26.0 Å². The summed E-state index contributed by atoms with van der Waals surface area (Å²) in [7, 11) is 0. The Bertz CT molecular complexity index is 2240. The summed E-state index contributed by atoms with van der Waals surface area (Å²) in [6.45, 7) is 14.2. The molecule has 0 radical (unpaired) electrons. The fourth-order valence-corrected chi connectivity index (χ4v) is 7.86. The molecule has 2 aromatic carbocycles. The van der Waals surface area contributed by atoms with E-state index in [2.05, 4.69) is 32.9 Å². The van der Waals surface area contributed by atoms with E-state index < -0.39 is 76.4 Å². The number of nitrogens with one attached hydrogen (secondary N) is 2. The molecule has 2 N–H and O–H groups in total. The van der Waals surface area contributed by atoms with E-state index in [-0.39, 0.29) is 11.4 Å². The number of allylic oxidation sites excluding steroid dienone is 4. The lowest BCUT2D eigenvalue weighted by Crippen LogP contribution is -2.47. The molecule has 0 aromatic heterocycles. The minimum Gasteiger partial charge on any atom is -0.445 e. The molecule has 2 aliphatic rings. The maximum Gasteiger partial charge on any atom is 0.304 e. The summed E-state index contributed by atoms with van der Waals surface area (Å²) in [5.41, 5.74) is 3.03. The number of rotatable bonds is 16. The van der Waals surface area contributed by atoms with Gasteiger partial charge < -0.3 is 9.47 Å². The Kier molecular flexibility index (Phi) is 16.7. The van der Waals surface area contributed by atoms with Gasteiger partial charge in [0.15, 0.2) is 11.2 Å². The number of benzene rings is 2. The monoisotopic (exact) mass is 884 g/mol. The molecule has 0 unspecified atom stereocenters. The van der Waals surface area contributed by atoms with Gasteiger partial charge in [-0.3, -0.25) is 60.9 Å². The predicted molar refractivity (Wildman–Crippen MR) is 240 cm³/mol. The molecule has 4 rings (SSSR count). The van der Waals surface area contributed by atoms with Crippen molar-refractivity contribution in [3.05, 3.63) is 100 Å². The number of hydrogen-bond donors (Lipinski definition) is 2. The first kappa shape index (κ1) is 50.9. The number of nitro benzene ring substituents is 4. The normalized spacial score (nSPS) is 23.3. The molecule has 0 amide bonds. The fourth-order valence-electron chi connectivity index (χ4n) is 7.86. The van der Waals surface area contributed by atoms with Crippen LogP contribution < -0.4 is 10.9 Å². The van der Waals surface area contributed by atoms with Gasteiger partial charge in [-0.1, -0.05) is 35.1 Å². The zero-order chi connectivity index (χ0) is 48.2. The maximum absolute atomic E-state index is 11.8. The van der Waals surface area contributed by atoms with Crippen LogP contribution in [-0.4, -0.2) is 54.3 Å². The average molecular weight is 885 g/mol. The van der Waals surface area contributed by atoms with Gasteiger partial charge in [0.1, 0.15) is 11.4 Å². The number of nitro groups is 4. The number of non-ortho nitro benzene ring substituents is 2. The van der Waals surface area contributed by atoms with Gasteiger partial charge in [-0.25, -0.2) is 0 Å². The summed E-state index contributed by atoms with van der Waals surface area (Å²) in [5, 5.41) is 53.5. The van der Waals surface area contributed by atoms with Gasteiger partial charge in [0.2, 0.25) is 0 Å². The molecule has 64 heavy (non-hydrogen) atoms. The van der Waals surface area contributed by atoms with Crippen LogP contribution >= 0.6 is 0 Å². The first-order chi connectivity index (χ1) is 29.9. The van der Waals surface area contributed by atoms with Gasteiger partial charge in [-0.2, -0.15) is 10.2 Å². The molecule has 0 heterocycles. The maximum atomic E-state index is 11.8. The van der Waals surface area contributed by atoms with Crippen LogP contribution in [0.15, 0.2) is 69.9 Å². The van der Waals surface area contributed by atoms with Crippen molar-refractivity contribution in [1.82, 2.24) is 0 Å². The second-order valence-corrected chi connectivity index (χ2v) is 16.2. The molecule has 2 fully saturated rings. The number of terminal acetylenes is 2. The van der Waals surface area contributed by atoms with Crippen LogP contribution in [0.2, 0.25) is 0 Å². The second kappa shape index (κ2) is 21.1. The Balaban J connectivity index is 0.000000340. The third-order valence-electron chi connectivity index (χ3n) is 11.4. The van der Waals surface area contributed by atoms with Crippen molar-refractivity contribution in [3.63, 3.8) is 0 Å². The topological polar surface area (TPSA) is 274 Å². The Hall–Kier alpha value is -7.48. The van der Waals surface area contributed by atoms with Crippen molar-refractivity contribution in [1.29, 1.82) is 0 Å². The Morgan fingerprint density at radius 1 is 0.656 bits per heavy atom. The lowest BCUT2D eigenvalue weighted by atomic mass is 9.71. The summed E-state index contributed by atoms with van der Waals surface area (Å²) in [4.78, 5) is 65.5. The zero-order valence-corrected chi connectivity index (χ0v) is 37.0. The number of carbonyl (C=O) groups excluding carboxylic acids is 2. The summed E-state index contributed by atoms with van der Waals surface area (Å²) < 4.78 is 11.2. The molecule has 20 nitrogen and oxygen atoms in total. The number of hydrogen-bond acceptors (Lipinski definition) is 16. The number of esters is 2. The second-order valence-electron chi connectivity index (χ2n) is 16.2. The van der Waals surface area contributed by atoms with Crippen LogP contribution in [0.5, 0.6) is 0 Å². The zero-order valence-electron chi connectivity index (χ0n) is 37.0. The highest BCUT2D eigenvalue weighted by Crippen LogP contribution is 2.51. The van der Waals surface area contributed by atoms with Crippen LogP contribution in [0.4, 0.5) is 34.1 Å². The van der Waals surface area contributed by atoms with Crippen molar-refractivity contribution in [2.75, 3.05) is 10.9 Å². The average Bonchev–Trinajstić information content (AvgIpc) is 3.63. The Morgan fingerprint density at radius 2 is 1.00 bits per heavy atom. The number of carbonyl (C=O) groups is 2. The standard InChI is InChI=1S/2C22H26N4O6/c2*1-6-22(32-16(4)27)13-11-20(21(22,5)12-7-8-15(2)3)24-23-18-10-9-17(25(28)29)14-19(18)26(30)31/h2*1,8-10,14,23H,7,11-13H2,2-5H3/b2*24-20+/t2*21-,22+/m10/s1. The minimum absolute atomic E-state index is 0.00504. The molecular weight excluding hydrogens is 833 g/mol. The van der Waals surface area contributed by atoms with Crippen LogP contribution in [-0.2, 0) is 19.1 Å². The molecule has 2 aliphatic carbocycles. The molecule has 340 valence electrons. The van der Waals surface area contributed by atoms with Gasteiger partial charge in [0, 0.05) is 50.2 Å². The quantitative estimate of drug-likeness (QED) is 0.0522. The van der Waals surface area contributed by atoms with Crippen LogP contribution in [0.25, 0.3) is 0 Å². The molecular formula is C44H52N8O12. The number of hydrazone groups is 2. The van der Waals surface area contributed by atoms with Crippen LogP contribution in [0, 0.1) is 76.0 Å². The van der Waals surface area contributed by atoms with E-state index in [4.69, 9.17) is 22.3 Å². The lowest BCUT2D eigenvalue weighted by Gasteiger charge is -2.39. The smallest absolute Gasteiger partial charge is 0.304 e. The van der Waals surface area contributed by atoms with Crippen molar-refractivity contribution in [2.45, 2.75) is 118 Å². The van der Waals surface area contributed by atoms with E-state index >= 15 is 0 Å². The molecule has 2 saturated carbocycles. The van der Waals surface area contributed by atoms with Crippen molar-refractivity contribution in [2.24, 2.45) is 21.0 Å². The fraction of sp³-hybridized carbons (Fsp3) is 0.455. The van der Waals surface area contributed by atoms with E-state index in [0.29, 0.717) is 62.8 Å². The highest BCUT2D eigenvalue weighted by molar-refractivity contribution is 5.96.